The predicted molar refractivity (Wildman–Crippen MR) is 73.2 cm³/mol. The minimum atomic E-state index is -0.536. The molecule has 0 saturated heterocycles. The minimum absolute atomic E-state index is 0.0238. The fraction of sp³-hybridized carbons (Fsp3) is 0.143. The Morgan fingerprint density at radius 1 is 1.11 bits per heavy atom. The van der Waals surface area contributed by atoms with Crippen molar-refractivity contribution in [3.8, 4) is 11.5 Å². The van der Waals surface area contributed by atoms with Crippen LogP contribution in [-0.2, 0) is 0 Å². The van der Waals surface area contributed by atoms with Crippen LogP contribution in [0.4, 0.5) is 8.78 Å². The lowest BCUT2D eigenvalue weighted by Crippen LogP contribution is -2.05. The molecule has 1 atom stereocenters. The van der Waals surface area contributed by atoms with Crippen molar-refractivity contribution in [2.75, 3.05) is 0 Å². The summed E-state index contributed by atoms with van der Waals surface area (Å²) in [5, 5.41) is 0. The average Bonchev–Trinajstić information content (AvgIpc) is 2.36. The number of benzene rings is 2. The van der Waals surface area contributed by atoms with Crippen molar-refractivity contribution in [2.24, 2.45) is 5.73 Å². The van der Waals surface area contributed by atoms with E-state index in [0.717, 1.165) is 0 Å². The molecule has 0 fully saturated rings. The molecule has 2 aromatic rings. The van der Waals surface area contributed by atoms with Gasteiger partial charge in [-0.05, 0) is 52.7 Å². The van der Waals surface area contributed by atoms with E-state index in [2.05, 4.69) is 15.9 Å². The normalized spacial score (nSPS) is 12.3. The number of hydrogen-bond donors (Lipinski definition) is 1. The van der Waals surface area contributed by atoms with Crippen molar-refractivity contribution in [3.63, 3.8) is 0 Å². The molecule has 0 spiro atoms. The summed E-state index contributed by atoms with van der Waals surface area (Å²) in [5.41, 5.74) is 6.33. The van der Waals surface area contributed by atoms with Gasteiger partial charge in [0.25, 0.3) is 0 Å². The maximum Gasteiger partial charge on any atom is 0.166 e. The largest absolute Gasteiger partial charge is 0.453 e. The molecule has 19 heavy (non-hydrogen) atoms. The lowest BCUT2D eigenvalue weighted by Gasteiger charge is -2.11. The van der Waals surface area contributed by atoms with Crippen LogP contribution in [0.3, 0.4) is 0 Å². The van der Waals surface area contributed by atoms with Crippen LogP contribution < -0.4 is 10.5 Å². The molecular weight excluding hydrogens is 316 g/mol. The first-order valence-corrected chi connectivity index (χ1v) is 6.44. The van der Waals surface area contributed by atoms with Crippen LogP contribution in [-0.4, -0.2) is 0 Å². The topological polar surface area (TPSA) is 35.2 Å². The van der Waals surface area contributed by atoms with Crippen LogP contribution in [0.1, 0.15) is 18.5 Å². The maximum absolute atomic E-state index is 13.8. The maximum atomic E-state index is 13.8. The summed E-state index contributed by atoms with van der Waals surface area (Å²) in [6, 6.07) is 8.17. The standard InChI is InChI=1S/C14H12BrF2NO/c1-8(18)9-2-5-13(12(17)6-9)19-14-7-10(16)3-4-11(14)15/h2-8H,18H2,1H3/t8-/m1/s1. The highest BCUT2D eigenvalue weighted by atomic mass is 79.9. The Morgan fingerprint density at radius 3 is 2.47 bits per heavy atom. The molecule has 5 heteroatoms. The third-order valence-corrected chi connectivity index (χ3v) is 3.25. The monoisotopic (exact) mass is 327 g/mol. The molecule has 0 aliphatic carbocycles. The van der Waals surface area contributed by atoms with Crippen LogP contribution >= 0.6 is 15.9 Å². The van der Waals surface area contributed by atoms with E-state index >= 15 is 0 Å². The van der Waals surface area contributed by atoms with E-state index in [-0.39, 0.29) is 17.5 Å². The second kappa shape index (κ2) is 5.67. The van der Waals surface area contributed by atoms with Gasteiger partial charge in [0.1, 0.15) is 11.6 Å². The third kappa shape index (κ3) is 3.30. The van der Waals surface area contributed by atoms with Gasteiger partial charge in [-0.25, -0.2) is 8.78 Å². The van der Waals surface area contributed by atoms with Gasteiger partial charge in [-0.15, -0.1) is 0 Å². The zero-order valence-corrected chi connectivity index (χ0v) is 11.7. The molecule has 0 saturated carbocycles. The summed E-state index contributed by atoms with van der Waals surface area (Å²) in [6.07, 6.45) is 0. The first-order chi connectivity index (χ1) is 8.97. The van der Waals surface area contributed by atoms with Crippen LogP contribution in [0.15, 0.2) is 40.9 Å². The SMILES string of the molecule is C[C@@H](N)c1ccc(Oc2cc(F)ccc2Br)c(F)c1. The number of ether oxygens (including phenoxy) is 1. The summed E-state index contributed by atoms with van der Waals surface area (Å²) in [7, 11) is 0. The Labute approximate surface area is 118 Å². The highest BCUT2D eigenvalue weighted by molar-refractivity contribution is 9.10. The van der Waals surface area contributed by atoms with Gasteiger partial charge in [-0.2, -0.15) is 0 Å². The summed E-state index contributed by atoms with van der Waals surface area (Å²) in [5.74, 6) is -0.750. The molecule has 2 N–H and O–H groups in total. The van der Waals surface area contributed by atoms with E-state index < -0.39 is 11.6 Å². The number of nitrogens with two attached hydrogens (primary N) is 1. The van der Waals surface area contributed by atoms with E-state index in [4.69, 9.17) is 10.5 Å². The molecule has 0 unspecified atom stereocenters. The molecule has 0 aliphatic rings. The van der Waals surface area contributed by atoms with Crippen molar-refractivity contribution < 1.29 is 13.5 Å². The fourth-order valence-corrected chi connectivity index (χ4v) is 1.88. The van der Waals surface area contributed by atoms with Crippen molar-refractivity contribution >= 4 is 15.9 Å². The fourth-order valence-electron chi connectivity index (χ4n) is 1.56. The van der Waals surface area contributed by atoms with Crippen molar-refractivity contribution in [3.05, 3.63) is 58.1 Å². The number of rotatable bonds is 3. The molecule has 0 heterocycles. The Kier molecular flexibility index (Phi) is 4.17. The highest BCUT2D eigenvalue weighted by Gasteiger charge is 2.10. The Hall–Kier alpha value is -1.46. The van der Waals surface area contributed by atoms with E-state index in [9.17, 15) is 8.78 Å². The number of halogens is 3. The second-order valence-electron chi connectivity index (χ2n) is 4.16. The van der Waals surface area contributed by atoms with Gasteiger partial charge < -0.3 is 10.5 Å². The Bertz CT molecular complexity index is 602. The van der Waals surface area contributed by atoms with Crippen molar-refractivity contribution in [1.29, 1.82) is 0 Å². The molecule has 2 nitrogen and oxygen atoms in total. The highest BCUT2D eigenvalue weighted by Crippen LogP contribution is 2.32. The van der Waals surface area contributed by atoms with Crippen LogP contribution in [0.5, 0.6) is 11.5 Å². The van der Waals surface area contributed by atoms with Gasteiger partial charge in [0.15, 0.2) is 11.6 Å². The first kappa shape index (κ1) is 14.0. The second-order valence-corrected chi connectivity index (χ2v) is 5.01. The van der Waals surface area contributed by atoms with Crippen LogP contribution in [0.2, 0.25) is 0 Å². The van der Waals surface area contributed by atoms with Gasteiger partial charge in [0.05, 0.1) is 4.47 Å². The molecule has 0 aliphatic heterocycles. The summed E-state index contributed by atoms with van der Waals surface area (Å²) < 4.78 is 32.8. The molecule has 2 rings (SSSR count). The third-order valence-electron chi connectivity index (χ3n) is 2.59. The smallest absolute Gasteiger partial charge is 0.166 e. The first-order valence-electron chi connectivity index (χ1n) is 5.65. The zero-order chi connectivity index (χ0) is 14.0. The van der Waals surface area contributed by atoms with E-state index in [1.807, 2.05) is 0 Å². The molecule has 0 bridgehead atoms. The van der Waals surface area contributed by atoms with Crippen molar-refractivity contribution in [1.82, 2.24) is 0 Å². The molecule has 100 valence electrons. The minimum Gasteiger partial charge on any atom is -0.453 e. The molecule has 0 aromatic heterocycles. The lowest BCUT2D eigenvalue weighted by atomic mass is 10.1. The van der Waals surface area contributed by atoms with Crippen LogP contribution in [0.25, 0.3) is 0 Å². The van der Waals surface area contributed by atoms with Crippen LogP contribution in [0, 0.1) is 11.6 Å². The van der Waals surface area contributed by atoms with Gasteiger partial charge in [-0.1, -0.05) is 6.07 Å². The van der Waals surface area contributed by atoms with Gasteiger partial charge >= 0.3 is 0 Å². The van der Waals surface area contributed by atoms with Gasteiger partial charge in [0.2, 0.25) is 0 Å². The average molecular weight is 328 g/mol. The Morgan fingerprint density at radius 2 is 1.84 bits per heavy atom. The van der Waals surface area contributed by atoms with E-state index in [1.54, 1.807) is 13.0 Å². The van der Waals surface area contributed by atoms with Crippen molar-refractivity contribution in [2.45, 2.75) is 13.0 Å². The van der Waals surface area contributed by atoms with E-state index in [0.29, 0.717) is 10.0 Å². The van der Waals surface area contributed by atoms with Gasteiger partial charge in [0, 0.05) is 12.1 Å². The van der Waals surface area contributed by atoms with Gasteiger partial charge in [-0.3, -0.25) is 0 Å². The summed E-state index contributed by atoms with van der Waals surface area (Å²) in [6.45, 7) is 1.76. The summed E-state index contributed by atoms with van der Waals surface area (Å²) >= 11 is 3.22. The quantitative estimate of drug-likeness (QED) is 0.898. The molecular formula is C14H12BrF2NO. The molecule has 0 amide bonds. The van der Waals surface area contributed by atoms with E-state index in [1.165, 1.54) is 30.3 Å². The number of hydrogen-bond acceptors (Lipinski definition) is 2. The summed E-state index contributed by atoms with van der Waals surface area (Å²) in [4.78, 5) is 0. The molecule has 0 radical (unpaired) electrons. The zero-order valence-electron chi connectivity index (χ0n) is 10.2. The Balaban J connectivity index is 2.31. The lowest BCUT2D eigenvalue weighted by molar-refractivity contribution is 0.435. The predicted octanol–water partition coefficient (Wildman–Crippen LogP) is 4.54. The molecule has 2 aromatic carbocycles.